The molecule has 0 heterocycles. The zero-order chi connectivity index (χ0) is 13.5. The van der Waals surface area contributed by atoms with Crippen molar-refractivity contribution in [2.24, 2.45) is 0 Å². The maximum atomic E-state index is 10.4. The van der Waals surface area contributed by atoms with Crippen LogP contribution in [0, 0.1) is 0 Å². The Morgan fingerprint density at radius 3 is 2.17 bits per heavy atom. The van der Waals surface area contributed by atoms with Crippen molar-refractivity contribution >= 4 is 5.97 Å². The Hall–Kier alpha value is -2.17. The number of methoxy groups -OCH3 is 3. The number of carboxylic acids is 1. The van der Waals surface area contributed by atoms with E-state index in [1.807, 2.05) is 0 Å². The number of aliphatic carboxylic acids is 1. The van der Waals surface area contributed by atoms with Crippen molar-refractivity contribution in [3.8, 4) is 17.2 Å². The Kier molecular flexibility index (Phi) is 5.05. The summed E-state index contributed by atoms with van der Waals surface area (Å²) in [7, 11) is 4.63. The van der Waals surface area contributed by atoms with Crippen molar-refractivity contribution in [3.05, 3.63) is 29.8 Å². The molecule has 0 amide bonds. The van der Waals surface area contributed by atoms with Gasteiger partial charge in [-0.15, -0.1) is 0 Å². The molecule has 0 aliphatic heterocycles. The van der Waals surface area contributed by atoms with E-state index >= 15 is 0 Å². The zero-order valence-corrected chi connectivity index (χ0v) is 10.6. The molecule has 5 heteroatoms. The molecular formula is C13H16O5. The van der Waals surface area contributed by atoms with Gasteiger partial charge in [-0.3, -0.25) is 0 Å². The molecule has 5 nitrogen and oxygen atoms in total. The summed E-state index contributed by atoms with van der Waals surface area (Å²) in [6.45, 7) is 0. The third-order valence-electron chi connectivity index (χ3n) is 2.38. The molecule has 1 N–H and O–H groups in total. The average molecular weight is 252 g/mol. The fraction of sp³-hybridized carbons (Fsp3) is 0.308. The molecule has 1 aromatic carbocycles. The summed E-state index contributed by atoms with van der Waals surface area (Å²) in [6.07, 6.45) is 3.08. The number of rotatable bonds is 6. The molecular weight excluding hydrogens is 236 g/mol. The normalized spacial score (nSPS) is 10.4. The van der Waals surface area contributed by atoms with E-state index in [0.717, 1.165) is 11.6 Å². The van der Waals surface area contributed by atoms with E-state index in [4.69, 9.17) is 19.3 Å². The number of carbonyl (C=O) groups is 1. The van der Waals surface area contributed by atoms with Gasteiger partial charge in [0.15, 0.2) is 11.5 Å². The molecule has 18 heavy (non-hydrogen) atoms. The fourth-order valence-electron chi connectivity index (χ4n) is 1.54. The van der Waals surface area contributed by atoms with E-state index in [2.05, 4.69) is 0 Å². The SMILES string of the molecule is COc1cc(OC)c(OC)cc1C/C=C/C(=O)O. The summed E-state index contributed by atoms with van der Waals surface area (Å²) in [4.78, 5) is 10.4. The summed E-state index contributed by atoms with van der Waals surface area (Å²) in [5, 5.41) is 8.54. The minimum atomic E-state index is -0.977. The van der Waals surface area contributed by atoms with Crippen LogP contribution in [0.2, 0.25) is 0 Å². The van der Waals surface area contributed by atoms with Gasteiger partial charge in [0, 0.05) is 17.7 Å². The molecule has 0 aromatic heterocycles. The van der Waals surface area contributed by atoms with Crippen LogP contribution in [0.15, 0.2) is 24.3 Å². The number of carboxylic acid groups (broad SMARTS) is 1. The van der Waals surface area contributed by atoms with Crippen molar-refractivity contribution in [1.29, 1.82) is 0 Å². The van der Waals surface area contributed by atoms with Crippen molar-refractivity contribution in [1.82, 2.24) is 0 Å². The van der Waals surface area contributed by atoms with Crippen LogP contribution in [0.1, 0.15) is 5.56 Å². The second-order valence-corrected chi connectivity index (χ2v) is 3.46. The van der Waals surface area contributed by atoms with Gasteiger partial charge in [0.05, 0.1) is 21.3 Å². The highest BCUT2D eigenvalue weighted by Gasteiger charge is 2.10. The molecule has 0 bridgehead atoms. The summed E-state index contributed by atoms with van der Waals surface area (Å²) in [6, 6.07) is 3.48. The first-order chi connectivity index (χ1) is 8.62. The number of hydrogen-bond donors (Lipinski definition) is 1. The van der Waals surface area contributed by atoms with Gasteiger partial charge in [-0.05, 0) is 12.5 Å². The fourth-order valence-corrected chi connectivity index (χ4v) is 1.54. The lowest BCUT2D eigenvalue weighted by Gasteiger charge is -2.13. The van der Waals surface area contributed by atoms with Gasteiger partial charge in [-0.25, -0.2) is 4.79 Å². The molecule has 0 atom stereocenters. The molecule has 0 aliphatic rings. The van der Waals surface area contributed by atoms with Crippen molar-refractivity contribution in [2.45, 2.75) is 6.42 Å². The Labute approximate surface area is 106 Å². The molecule has 0 fully saturated rings. The second-order valence-electron chi connectivity index (χ2n) is 3.46. The van der Waals surface area contributed by atoms with Crippen LogP contribution in [-0.2, 0) is 11.2 Å². The lowest BCUT2D eigenvalue weighted by Crippen LogP contribution is -1.97. The highest BCUT2D eigenvalue weighted by molar-refractivity contribution is 5.79. The Morgan fingerprint density at radius 1 is 1.11 bits per heavy atom. The van der Waals surface area contributed by atoms with Crippen molar-refractivity contribution in [2.75, 3.05) is 21.3 Å². The van der Waals surface area contributed by atoms with E-state index in [9.17, 15) is 4.79 Å². The molecule has 0 saturated carbocycles. The summed E-state index contributed by atoms with van der Waals surface area (Å²) >= 11 is 0. The monoisotopic (exact) mass is 252 g/mol. The predicted molar refractivity (Wildman–Crippen MR) is 66.6 cm³/mol. The van der Waals surface area contributed by atoms with E-state index < -0.39 is 5.97 Å². The predicted octanol–water partition coefficient (Wildman–Crippen LogP) is 1.90. The van der Waals surface area contributed by atoms with Crippen molar-refractivity contribution < 1.29 is 24.1 Å². The first kappa shape index (κ1) is 13.9. The summed E-state index contributed by atoms with van der Waals surface area (Å²) in [5.41, 5.74) is 0.827. The lowest BCUT2D eigenvalue weighted by molar-refractivity contribution is -0.131. The first-order valence-electron chi connectivity index (χ1n) is 5.30. The maximum absolute atomic E-state index is 10.4. The zero-order valence-electron chi connectivity index (χ0n) is 10.6. The molecule has 1 rings (SSSR count). The minimum absolute atomic E-state index is 0.440. The van der Waals surface area contributed by atoms with Gasteiger partial charge in [-0.1, -0.05) is 6.08 Å². The van der Waals surface area contributed by atoms with E-state index in [1.54, 1.807) is 39.5 Å². The van der Waals surface area contributed by atoms with Crippen LogP contribution in [0.5, 0.6) is 17.2 Å². The number of hydrogen-bond acceptors (Lipinski definition) is 4. The number of benzene rings is 1. The number of ether oxygens (including phenoxy) is 3. The number of allylic oxidation sites excluding steroid dienone is 1. The Bertz CT molecular complexity index is 451. The highest BCUT2D eigenvalue weighted by atomic mass is 16.5. The van der Waals surface area contributed by atoms with Gasteiger partial charge in [-0.2, -0.15) is 0 Å². The molecule has 98 valence electrons. The van der Waals surface area contributed by atoms with Crippen LogP contribution < -0.4 is 14.2 Å². The van der Waals surface area contributed by atoms with Gasteiger partial charge in [0.2, 0.25) is 0 Å². The van der Waals surface area contributed by atoms with Gasteiger partial charge < -0.3 is 19.3 Å². The molecule has 0 aliphatic carbocycles. The molecule has 0 radical (unpaired) electrons. The third-order valence-corrected chi connectivity index (χ3v) is 2.38. The van der Waals surface area contributed by atoms with Crippen molar-refractivity contribution in [3.63, 3.8) is 0 Å². The smallest absolute Gasteiger partial charge is 0.327 e. The van der Waals surface area contributed by atoms with E-state index in [0.29, 0.717) is 23.7 Å². The summed E-state index contributed by atoms with van der Waals surface area (Å²) < 4.78 is 15.6. The molecule has 1 aromatic rings. The van der Waals surface area contributed by atoms with Crippen LogP contribution in [0.25, 0.3) is 0 Å². The van der Waals surface area contributed by atoms with E-state index in [1.165, 1.54) is 0 Å². The minimum Gasteiger partial charge on any atom is -0.496 e. The summed E-state index contributed by atoms with van der Waals surface area (Å²) in [5.74, 6) is 0.800. The highest BCUT2D eigenvalue weighted by Crippen LogP contribution is 2.34. The standard InChI is InChI=1S/C13H16O5/c1-16-10-8-12(18-3)11(17-2)7-9(10)5-4-6-13(14)15/h4,6-8H,5H2,1-3H3,(H,14,15)/b6-4+. The van der Waals surface area contributed by atoms with Crippen LogP contribution in [0.4, 0.5) is 0 Å². The van der Waals surface area contributed by atoms with Gasteiger partial charge in [0.1, 0.15) is 5.75 Å². The Morgan fingerprint density at radius 2 is 1.67 bits per heavy atom. The average Bonchev–Trinajstić information content (AvgIpc) is 2.37. The van der Waals surface area contributed by atoms with Crippen LogP contribution >= 0.6 is 0 Å². The molecule has 0 unspecified atom stereocenters. The molecule has 0 spiro atoms. The van der Waals surface area contributed by atoms with Crippen LogP contribution in [-0.4, -0.2) is 32.4 Å². The van der Waals surface area contributed by atoms with Crippen LogP contribution in [0.3, 0.4) is 0 Å². The topological polar surface area (TPSA) is 65.0 Å². The lowest BCUT2D eigenvalue weighted by atomic mass is 10.1. The van der Waals surface area contributed by atoms with E-state index in [-0.39, 0.29) is 0 Å². The largest absolute Gasteiger partial charge is 0.496 e. The van der Waals surface area contributed by atoms with Gasteiger partial charge in [0.25, 0.3) is 0 Å². The maximum Gasteiger partial charge on any atom is 0.327 e. The quantitative estimate of drug-likeness (QED) is 0.783. The molecule has 0 saturated heterocycles. The second kappa shape index (κ2) is 6.54. The first-order valence-corrected chi connectivity index (χ1v) is 5.30. The third kappa shape index (κ3) is 3.41. The van der Waals surface area contributed by atoms with Gasteiger partial charge >= 0.3 is 5.97 Å². The Balaban J connectivity index is 3.05.